The molecule has 0 bridgehead atoms. The summed E-state index contributed by atoms with van der Waals surface area (Å²) in [5, 5.41) is 3.63. The Morgan fingerprint density at radius 1 is 1.00 bits per heavy atom. The number of piperazine rings is 1. The third-order valence-corrected chi connectivity index (χ3v) is 6.81. The first-order valence-electron chi connectivity index (χ1n) is 9.49. The van der Waals surface area contributed by atoms with Crippen LogP contribution in [0.3, 0.4) is 0 Å². The molecule has 0 spiro atoms. The molecule has 130 valence electrons. The van der Waals surface area contributed by atoms with Crippen LogP contribution in [0.25, 0.3) is 10.1 Å². The summed E-state index contributed by atoms with van der Waals surface area (Å²) in [5.41, 5.74) is 7.45. The van der Waals surface area contributed by atoms with Crippen LogP contribution in [-0.4, -0.2) is 43.7 Å². The summed E-state index contributed by atoms with van der Waals surface area (Å²) < 4.78 is 1.41. The van der Waals surface area contributed by atoms with Crippen molar-refractivity contribution in [1.82, 2.24) is 4.90 Å². The van der Waals surface area contributed by atoms with Gasteiger partial charge in [0, 0.05) is 48.0 Å². The van der Waals surface area contributed by atoms with Gasteiger partial charge < -0.3 is 10.6 Å². The molecule has 2 aliphatic rings. The van der Waals surface area contributed by atoms with Gasteiger partial charge >= 0.3 is 0 Å². The van der Waals surface area contributed by atoms with Gasteiger partial charge in [0.05, 0.1) is 0 Å². The van der Waals surface area contributed by atoms with Crippen LogP contribution in [0.5, 0.6) is 0 Å². The smallest absolute Gasteiger partial charge is 0.0455 e. The number of nitrogens with two attached hydrogens (primary N) is 1. The van der Waals surface area contributed by atoms with Gasteiger partial charge in [0.2, 0.25) is 0 Å². The van der Waals surface area contributed by atoms with E-state index in [1.54, 1.807) is 0 Å². The lowest BCUT2D eigenvalue weighted by molar-refractivity contribution is 0.217. The standard InChI is InChI=1S/C20H29N3S/c21-17-6-4-16(5-7-17)8-10-22-11-13-23(14-12-22)19-2-1-3-20-18(19)9-15-24-20/h1-3,9,15-17H,4-8,10-14,21H2. The van der Waals surface area contributed by atoms with E-state index in [0.717, 1.165) is 19.0 Å². The Morgan fingerprint density at radius 2 is 1.79 bits per heavy atom. The molecule has 1 aliphatic heterocycles. The van der Waals surface area contributed by atoms with Gasteiger partial charge in [-0.1, -0.05) is 6.07 Å². The Balaban J connectivity index is 1.28. The van der Waals surface area contributed by atoms with E-state index in [4.69, 9.17) is 5.73 Å². The van der Waals surface area contributed by atoms with E-state index in [-0.39, 0.29) is 0 Å². The largest absolute Gasteiger partial charge is 0.368 e. The van der Waals surface area contributed by atoms with E-state index in [1.807, 2.05) is 11.3 Å². The average molecular weight is 344 g/mol. The summed E-state index contributed by atoms with van der Waals surface area (Å²) in [6.45, 7) is 5.99. The molecular formula is C20H29N3S. The van der Waals surface area contributed by atoms with Gasteiger partial charge in [0.25, 0.3) is 0 Å². The molecule has 0 atom stereocenters. The average Bonchev–Trinajstić information content (AvgIpc) is 3.10. The van der Waals surface area contributed by atoms with E-state index in [0.29, 0.717) is 6.04 Å². The van der Waals surface area contributed by atoms with Crippen molar-refractivity contribution in [2.45, 2.75) is 38.1 Å². The van der Waals surface area contributed by atoms with Crippen LogP contribution in [0.15, 0.2) is 29.6 Å². The van der Waals surface area contributed by atoms with Crippen molar-refractivity contribution in [3.05, 3.63) is 29.6 Å². The minimum Gasteiger partial charge on any atom is -0.368 e. The molecule has 24 heavy (non-hydrogen) atoms. The number of hydrogen-bond donors (Lipinski definition) is 1. The Bertz CT molecular complexity index is 652. The Labute approximate surface area is 149 Å². The van der Waals surface area contributed by atoms with E-state index in [2.05, 4.69) is 39.4 Å². The third kappa shape index (κ3) is 3.61. The fourth-order valence-corrected chi connectivity index (χ4v) is 5.12. The van der Waals surface area contributed by atoms with Crippen molar-refractivity contribution in [1.29, 1.82) is 0 Å². The van der Waals surface area contributed by atoms with Crippen molar-refractivity contribution in [2.24, 2.45) is 11.7 Å². The molecular weight excluding hydrogens is 314 g/mol. The molecule has 2 aromatic rings. The molecule has 1 aliphatic carbocycles. The zero-order chi connectivity index (χ0) is 16.4. The minimum atomic E-state index is 0.476. The molecule has 1 aromatic heterocycles. The van der Waals surface area contributed by atoms with Crippen molar-refractivity contribution in [3.63, 3.8) is 0 Å². The molecule has 2 N–H and O–H groups in total. The van der Waals surface area contributed by atoms with Crippen molar-refractivity contribution >= 4 is 27.1 Å². The fourth-order valence-electron chi connectivity index (χ4n) is 4.31. The van der Waals surface area contributed by atoms with Gasteiger partial charge in [-0.3, -0.25) is 4.90 Å². The monoisotopic (exact) mass is 343 g/mol. The van der Waals surface area contributed by atoms with Gasteiger partial charge in [-0.2, -0.15) is 0 Å². The molecule has 0 unspecified atom stereocenters. The summed E-state index contributed by atoms with van der Waals surface area (Å²) in [4.78, 5) is 5.24. The molecule has 3 nitrogen and oxygen atoms in total. The lowest BCUT2D eigenvalue weighted by Gasteiger charge is -2.37. The number of benzene rings is 1. The number of anilines is 1. The summed E-state index contributed by atoms with van der Waals surface area (Å²) in [6, 6.07) is 9.47. The van der Waals surface area contributed by atoms with Crippen LogP contribution >= 0.6 is 11.3 Å². The highest BCUT2D eigenvalue weighted by atomic mass is 32.1. The third-order valence-electron chi connectivity index (χ3n) is 5.93. The molecule has 1 saturated heterocycles. The van der Waals surface area contributed by atoms with E-state index in [1.165, 1.54) is 67.5 Å². The maximum Gasteiger partial charge on any atom is 0.0455 e. The number of nitrogens with zero attached hydrogens (tertiary/aromatic N) is 2. The van der Waals surface area contributed by atoms with Crippen LogP contribution < -0.4 is 10.6 Å². The lowest BCUT2D eigenvalue weighted by Crippen LogP contribution is -2.47. The second-order valence-electron chi connectivity index (χ2n) is 7.51. The van der Waals surface area contributed by atoms with Crippen LogP contribution in [0, 0.1) is 5.92 Å². The van der Waals surface area contributed by atoms with Gasteiger partial charge in [0.1, 0.15) is 0 Å². The van der Waals surface area contributed by atoms with E-state index < -0.39 is 0 Å². The zero-order valence-corrected chi connectivity index (χ0v) is 15.3. The van der Waals surface area contributed by atoms with Crippen molar-refractivity contribution < 1.29 is 0 Å². The Morgan fingerprint density at radius 3 is 2.58 bits per heavy atom. The van der Waals surface area contributed by atoms with Crippen LogP contribution in [0.1, 0.15) is 32.1 Å². The number of thiophene rings is 1. The topological polar surface area (TPSA) is 32.5 Å². The quantitative estimate of drug-likeness (QED) is 0.913. The first kappa shape index (κ1) is 16.4. The Hall–Kier alpha value is -1.10. The first-order valence-corrected chi connectivity index (χ1v) is 10.4. The summed E-state index contributed by atoms with van der Waals surface area (Å²) in [6.07, 6.45) is 6.54. The molecule has 1 saturated carbocycles. The number of rotatable bonds is 4. The summed E-state index contributed by atoms with van der Waals surface area (Å²) >= 11 is 1.84. The summed E-state index contributed by atoms with van der Waals surface area (Å²) in [5.74, 6) is 0.919. The van der Waals surface area contributed by atoms with Crippen molar-refractivity contribution in [2.75, 3.05) is 37.6 Å². The van der Waals surface area contributed by atoms with Crippen LogP contribution in [0.2, 0.25) is 0 Å². The normalized spacial score (nSPS) is 26.1. The maximum atomic E-state index is 6.02. The predicted molar refractivity (Wildman–Crippen MR) is 105 cm³/mol. The highest BCUT2D eigenvalue weighted by molar-refractivity contribution is 7.17. The molecule has 0 amide bonds. The molecule has 1 aromatic carbocycles. The molecule has 4 heteroatoms. The fraction of sp³-hybridized carbons (Fsp3) is 0.600. The van der Waals surface area contributed by atoms with Crippen LogP contribution in [-0.2, 0) is 0 Å². The summed E-state index contributed by atoms with van der Waals surface area (Å²) in [7, 11) is 0. The molecule has 4 rings (SSSR count). The predicted octanol–water partition coefficient (Wildman–Crippen LogP) is 3.93. The van der Waals surface area contributed by atoms with Gasteiger partial charge in [0.15, 0.2) is 0 Å². The highest BCUT2D eigenvalue weighted by Gasteiger charge is 2.22. The second-order valence-corrected chi connectivity index (χ2v) is 8.46. The molecule has 2 fully saturated rings. The first-order chi connectivity index (χ1) is 11.8. The number of fused-ring (bicyclic) bond motifs is 1. The van der Waals surface area contributed by atoms with Crippen molar-refractivity contribution in [3.8, 4) is 0 Å². The molecule has 2 heterocycles. The van der Waals surface area contributed by atoms with E-state index in [9.17, 15) is 0 Å². The minimum absolute atomic E-state index is 0.476. The zero-order valence-electron chi connectivity index (χ0n) is 14.5. The van der Waals surface area contributed by atoms with Crippen LogP contribution in [0.4, 0.5) is 5.69 Å². The van der Waals surface area contributed by atoms with Gasteiger partial charge in [-0.15, -0.1) is 11.3 Å². The molecule has 0 radical (unpaired) electrons. The second kappa shape index (κ2) is 7.42. The van der Waals surface area contributed by atoms with Gasteiger partial charge in [-0.05, 0) is 68.1 Å². The Kier molecular flexibility index (Phi) is 5.06. The number of hydrogen-bond acceptors (Lipinski definition) is 4. The van der Waals surface area contributed by atoms with E-state index >= 15 is 0 Å². The lowest BCUT2D eigenvalue weighted by atomic mass is 9.84. The highest BCUT2D eigenvalue weighted by Crippen LogP contribution is 2.31. The van der Waals surface area contributed by atoms with Gasteiger partial charge in [-0.25, -0.2) is 0 Å². The SMILES string of the molecule is NC1CCC(CCN2CCN(c3cccc4sccc34)CC2)CC1. The maximum absolute atomic E-state index is 6.02.